The van der Waals surface area contributed by atoms with Crippen LogP contribution < -0.4 is 20.1 Å². The number of nitrogens with zero attached hydrogens (tertiary/aromatic N) is 2. The Morgan fingerprint density at radius 3 is 1.42 bits per heavy atom. The molecule has 0 bridgehead atoms. The Labute approximate surface area is 410 Å². The second kappa shape index (κ2) is 21.5. The van der Waals surface area contributed by atoms with Gasteiger partial charge in [-0.15, -0.1) is 0 Å². The molecule has 17 heteroatoms. The van der Waals surface area contributed by atoms with Crippen molar-refractivity contribution in [3.05, 3.63) is 152 Å². The number of ketones is 2. The summed E-state index contributed by atoms with van der Waals surface area (Å²) >= 11 is 29.9. The lowest BCUT2D eigenvalue weighted by Gasteiger charge is -2.34. The van der Waals surface area contributed by atoms with Crippen molar-refractivity contribution in [3.8, 4) is 33.8 Å². The van der Waals surface area contributed by atoms with Crippen LogP contribution in [0.3, 0.4) is 0 Å². The van der Waals surface area contributed by atoms with E-state index >= 15 is 0 Å². The van der Waals surface area contributed by atoms with Gasteiger partial charge in [0.15, 0.2) is 11.6 Å². The topological polar surface area (TPSA) is 144 Å². The molecule has 67 heavy (non-hydrogen) atoms. The summed E-state index contributed by atoms with van der Waals surface area (Å²) in [5.41, 5.74) is 4.11. The molecule has 4 aromatic carbocycles. The number of piperazine rings is 2. The quantitative estimate of drug-likeness (QED) is 0.0795. The Bertz CT molecular complexity index is 2690. The Balaban J connectivity index is 1.18. The maximum absolute atomic E-state index is 13.9. The van der Waals surface area contributed by atoms with E-state index in [1.165, 1.54) is 58.8 Å². The number of carbonyl (C=O) groups excluding carboxylic acids is 4. The van der Waals surface area contributed by atoms with Gasteiger partial charge in [-0.25, -0.2) is 0 Å². The summed E-state index contributed by atoms with van der Waals surface area (Å²) in [5, 5.41) is 7.03. The summed E-state index contributed by atoms with van der Waals surface area (Å²) in [6.45, 7) is 2.18. The number of nitrogens with one attached hydrogen (secondary N) is 2. The normalized spacial score (nSPS) is 16.4. The maximum atomic E-state index is 13.9. The summed E-state index contributed by atoms with van der Waals surface area (Å²) in [5.74, 6) is -0.197. The highest BCUT2D eigenvalue weighted by atomic mass is 35.5. The standard InChI is InChI=1S/C50H42Cl4N4O8S/c1-63-39-9-5-3-7-31(39)35-23-41(47(53)45(51)33(35)11-13-43(59)57-19-17-55-25-37(57)49(61)29-15-21-65-27-29)67-42-24-36(32-8-4-6-10-40(32)64-2)34(46(52)48(42)54)12-14-44(60)58-20-18-56-26-38(58)50(62)30-16-22-66-28-30/h3-16,21-24,27-28,37-38,55-56H,17-20,25-26H2,1-2H3. The Morgan fingerprint density at radius 1 is 0.612 bits per heavy atom. The number of furan rings is 2. The van der Waals surface area contributed by atoms with Crippen molar-refractivity contribution < 1.29 is 37.5 Å². The highest BCUT2D eigenvalue weighted by Gasteiger charge is 2.34. The van der Waals surface area contributed by atoms with Crippen LogP contribution in [0, 0.1) is 0 Å². The van der Waals surface area contributed by atoms with Crippen molar-refractivity contribution >= 4 is 93.7 Å². The number of hydrogen-bond donors (Lipinski definition) is 2. The zero-order valence-electron chi connectivity index (χ0n) is 36.0. The summed E-state index contributed by atoms with van der Waals surface area (Å²) in [4.78, 5) is 58.7. The fourth-order valence-electron chi connectivity index (χ4n) is 8.11. The number of amides is 2. The summed E-state index contributed by atoms with van der Waals surface area (Å²) in [6.07, 6.45) is 11.5. The van der Waals surface area contributed by atoms with Gasteiger partial charge >= 0.3 is 0 Å². The van der Waals surface area contributed by atoms with Gasteiger partial charge in [0.1, 0.15) is 36.1 Å². The molecule has 2 aromatic heterocycles. The third-order valence-electron chi connectivity index (χ3n) is 11.5. The van der Waals surface area contributed by atoms with Gasteiger partial charge in [0.2, 0.25) is 11.8 Å². The van der Waals surface area contributed by atoms with Crippen LogP contribution >= 0.6 is 58.2 Å². The van der Waals surface area contributed by atoms with Crippen LogP contribution in [-0.4, -0.2) is 98.8 Å². The SMILES string of the molecule is COc1ccccc1-c1cc(Sc2cc(-c3ccccc3OC)c(C=CC(=O)N3CCNCC3C(=O)c3ccoc3)c(Cl)c2Cl)c(Cl)c(Cl)c1C=CC(=O)N1CCNCC1C(=O)c1ccoc1. The Hall–Kier alpha value is -5.77. The average Bonchev–Trinajstić information content (AvgIpc) is 4.12. The highest BCUT2D eigenvalue weighted by Crippen LogP contribution is 2.50. The number of benzene rings is 4. The van der Waals surface area contributed by atoms with Gasteiger partial charge in [-0.3, -0.25) is 19.2 Å². The first-order valence-electron chi connectivity index (χ1n) is 21.0. The van der Waals surface area contributed by atoms with Gasteiger partial charge in [-0.1, -0.05) is 94.6 Å². The first-order valence-corrected chi connectivity index (χ1v) is 23.3. The Morgan fingerprint density at radius 2 is 1.03 bits per heavy atom. The van der Waals surface area contributed by atoms with E-state index in [0.29, 0.717) is 92.0 Å². The van der Waals surface area contributed by atoms with Crippen LogP contribution in [0.1, 0.15) is 31.8 Å². The Kier molecular flexibility index (Phi) is 15.3. The number of carbonyl (C=O) groups is 4. The lowest BCUT2D eigenvalue weighted by Crippen LogP contribution is -2.56. The third kappa shape index (κ3) is 10.1. The van der Waals surface area contributed by atoms with Crippen LogP contribution in [0.2, 0.25) is 20.1 Å². The van der Waals surface area contributed by atoms with Crippen LogP contribution in [0.15, 0.2) is 129 Å². The van der Waals surface area contributed by atoms with E-state index < -0.39 is 23.9 Å². The molecular formula is C50H42Cl4N4O8S. The molecule has 0 spiro atoms. The van der Waals surface area contributed by atoms with Crippen LogP contribution in [-0.2, 0) is 9.59 Å². The molecule has 2 amide bonds. The van der Waals surface area contributed by atoms with E-state index in [-0.39, 0.29) is 44.7 Å². The molecule has 0 aliphatic carbocycles. The molecule has 2 atom stereocenters. The monoisotopic (exact) mass is 998 g/mol. The molecule has 12 nitrogen and oxygen atoms in total. The second-order valence-corrected chi connectivity index (χ2v) is 17.9. The molecule has 0 saturated carbocycles. The van der Waals surface area contributed by atoms with Crippen molar-refractivity contribution in [2.75, 3.05) is 53.5 Å². The minimum atomic E-state index is -0.752. The zero-order valence-corrected chi connectivity index (χ0v) is 39.9. The molecule has 2 N–H and O–H groups in total. The minimum absolute atomic E-state index is 0.144. The van der Waals surface area contributed by atoms with Gasteiger partial charge in [0.05, 0.1) is 58.0 Å². The first-order chi connectivity index (χ1) is 32.5. The summed E-state index contributed by atoms with van der Waals surface area (Å²) in [7, 11) is 3.11. The fraction of sp³-hybridized carbons (Fsp3) is 0.200. The van der Waals surface area contributed by atoms with E-state index in [2.05, 4.69) is 10.6 Å². The number of ether oxygens (including phenoxy) is 2. The third-order valence-corrected chi connectivity index (χ3v) is 14.6. The molecule has 2 aliphatic rings. The zero-order chi connectivity index (χ0) is 47.2. The minimum Gasteiger partial charge on any atom is -0.496 e. The van der Waals surface area contributed by atoms with Crippen molar-refractivity contribution in [2.45, 2.75) is 21.9 Å². The van der Waals surface area contributed by atoms with Crippen molar-refractivity contribution in [1.29, 1.82) is 0 Å². The van der Waals surface area contributed by atoms with Gasteiger partial charge < -0.3 is 38.7 Å². The van der Waals surface area contributed by atoms with Crippen LogP contribution in [0.4, 0.5) is 0 Å². The van der Waals surface area contributed by atoms with Gasteiger partial charge in [0.25, 0.3) is 0 Å². The average molecular weight is 1000 g/mol. The predicted molar refractivity (Wildman–Crippen MR) is 262 cm³/mol. The van der Waals surface area contributed by atoms with Gasteiger partial charge in [-0.05, 0) is 59.7 Å². The largest absolute Gasteiger partial charge is 0.496 e. The van der Waals surface area contributed by atoms with Crippen molar-refractivity contribution in [1.82, 2.24) is 20.4 Å². The number of Topliss-reactive ketones (excluding diaryl/α,β-unsaturated/α-hetero) is 2. The number of halogens is 4. The number of hydrogen-bond acceptors (Lipinski definition) is 11. The lowest BCUT2D eigenvalue weighted by molar-refractivity contribution is -0.128. The van der Waals surface area contributed by atoms with E-state index in [4.69, 9.17) is 64.7 Å². The van der Waals surface area contributed by atoms with Gasteiger partial charge in [-0.2, -0.15) is 0 Å². The van der Waals surface area contributed by atoms with Crippen molar-refractivity contribution in [3.63, 3.8) is 0 Å². The smallest absolute Gasteiger partial charge is 0.247 e. The molecule has 6 aromatic rings. The molecule has 0 radical (unpaired) electrons. The number of methoxy groups -OCH3 is 2. The van der Waals surface area contributed by atoms with E-state index in [0.717, 1.165) is 0 Å². The molecule has 4 heterocycles. The highest BCUT2D eigenvalue weighted by molar-refractivity contribution is 7.99. The second-order valence-electron chi connectivity index (χ2n) is 15.4. The maximum Gasteiger partial charge on any atom is 0.247 e. The van der Waals surface area contributed by atoms with Crippen LogP contribution in [0.25, 0.3) is 34.4 Å². The van der Waals surface area contributed by atoms with E-state index in [1.54, 1.807) is 38.5 Å². The lowest BCUT2D eigenvalue weighted by atomic mass is 9.97. The number of rotatable bonds is 14. The fourth-order valence-corrected chi connectivity index (χ4v) is 10.3. The van der Waals surface area contributed by atoms with Crippen LogP contribution in [0.5, 0.6) is 11.5 Å². The molecule has 2 unspecified atom stereocenters. The molecule has 2 saturated heterocycles. The number of para-hydroxylation sites is 2. The molecule has 344 valence electrons. The first kappa shape index (κ1) is 47.7. The van der Waals surface area contributed by atoms with E-state index in [9.17, 15) is 19.2 Å². The summed E-state index contributed by atoms with van der Waals surface area (Å²) in [6, 6.07) is 20.0. The molecule has 8 rings (SSSR count). The molecular weight excluding hydrogens is 958 g/mol. The predicted octanol–water partition coefficient (Wildman–Crippen LogP) is 10.4. The summed E-state index contributed by atoms with van der Waals surface area (Å²) < 4.78 is 21.8. The van der Waals surface area contributed by atoms with Crippen molar-refractivity contribution in [2.24, 2.45) is 0 Å². The molecule has 2 fully saturated rings. The van der Waals surface area contributed by atoms with Gasteiger partial charge in [0, 0.05) is 83.5 Å². The molecule has 2 aliphatic heterocycles. The van der Waals surface area contributed by atoms with E-state index in [1.807, 2.05) is 60.7 Å².